The lowest BCUT2D eigenvalue weighted by Crippen LogP contribution is -2.38. The van der Waals surface area contributed by atoms with Gasteiger partial charge in [-0.05, 0) is 62.5 Å². The summed E-state index contributed by atoms with van der Waals surface area (Å²) in [5.74, 6) is 0.517. The molecule has 9 nitrogen and oxygen atoms in total. The molecule has 0 saturated heterocycles. The molecule has 1 N–H and O–H groups in total. The van der Waals surface area contributed by atoms with Gasteiger partial charge >= 0.3 is 13.7 Å². The molecule has 164 valence electrons. The number of nitrogens with one attached hydrogen (secondary N) is 1. The molecule has 2 rings (SSSR count). The van der Waals surface area contributed by atoms with Crippen molar-refractivity contribution >= 4 is 31.2 Å². The number of benzene rings is 1. The first-order chi connectivity index (χ1) is 14.4. The fourth-order valence-electron chi connectivity index (χ4n) is 2.54. The van der Waals surface area contributed by atoms with Crippen molar-refractivity contribution < 1.29 is 28.1 Å². The average Bonchev–Trinajstić information content (AvgIpc) is 2.72. The molecule has 30 heavy (non-hydrogen) atoms. The summed E-state index contributed by atoms with van der Waals surface area (Å²) in [5, 5.41) is 13.5. The molecule has 1 aromatic rings. The quantitative estimate of drug-likeness (QED) is 0.208. The van der Waals surface area contributed by atoms with E-state index in [1.165, 1.54) is 36.0 Å². The van der Waals surface area contributed by atoms with Crippen LogP contribution in [-0.2, 0) is 18.6 Å². The Morgan fingerprint density at radius 2 is 2.03 bits per heavy atom. The van der Waals surface area contributed by atoms with E-state index in [1.807, 2.05) is 12.3 Å². The van der Waals surface area contributed by atoms with Gasteiger partial charge in [0.05, 0.1) is 11.5 Å². The highest BCUT2D eigenvalue weighted by atomic mass is 32.2. The second-order valence-electron chi connectivity index (χ2n) is 6.23. The van der Waals surface area contributed by atoms with Gasteiger partial charge in [0, 0.05) is 12.1 Å². The lowest BCUT2D eigenvalue weighted by molar-refractivity contribution is -0.384. The van der Waals surface area contributed by atoms with Crippen LogP contribution in [0.3, 0.4) is 0 Å². The summed E-state index contributed by atoms with van der Waals surface area (Å²) in [6.45, 7) is 1.86. The van der Waals surface area contributed by atoms with Crippen LogP contribution in [0.25, 0.3) is 0 Å². The van der Waals surface area contributed by atoms with Crippen LogP contribution < -0.4 is 9.61 Å². The van der Waals surface area contributed by atoms with Gasteiger partial charge in [-0.25, -0.2) is 4.57 Å². The molecule has 0 aliphatic heterocycles. The zero-order chi connectivity index (χ0) is 22.0. The van der Waals surface area contributed by atoms with E-state index >= 15 is 0 Å². The number of carbonyl (C=O) groups excluding carboxylic acids is 1. The fraction of sp³-hybridized carbons (Fsp3) is 0.421. The van der Waals surface area contributed by atoms with Gasteiger partial charge in [-0.15, -0.1) is 0 Å². The topological polar surface area (TPSA) is 117 Å². The largest absolute Gasteiger partial charge is 0.513 e. The van der Waals surface area contributed by atoms with E-state index in [-0.39, 0.29) is 18.0 Å². The first kappa shape index (κ1) is 24.0. The van der Waals surface area contributed by atoms with Crippen LogP contribution in [0.1, 0.15) is 26.2 Å². The Balaban J connectivity index is 2.27. The number of allylic oxidation sites excluding steroid dienone is 3. The van der Waals surface area contributed by atoms with Crippen LogP contribution >= 0.6 is 19.5 Å². The first-order valence-electron chi connectivity index (χ1n) is 9.40. The molecular formula is C19H25N2O7PS. The van der Waals surface area contributed by atoms with Gasteiger partial charge in [-0.1, -0.05) is 6.08 Å². The molecule has 0 heterocycles. The highest BCUT2D eigenvalue weighted by Gasteiger charge is 2.36. The molecule has 0 amide bonds. The highest BCUT2D eigenvalue weighted by Crippen LogP contribution is 2.48. The van der Waals surface area contributed by atoms with Crippen LogP contribution in [0.2, 0.25) is 0 Å². The molecular weight excluding hydrogens is 431 g/mol. The molecule has 1 aliphatic carbocycles. The van der Waals surface area contributed by atoms with Gasteiger partial charge in [-0.3, -0.25) is 14.9 Å². The fourth-order valence-corrected chi connectivity index (χ4v) is 4.58. The predicted octanol–water partition coefficient (Wildman–Crippen LogP) is 4.61. The van der Waals surface area contributed by atoms with Gasteiger partial charge in [0.25, 0.3) is 5.69 Å². The van der Waals surface area contributed by atoms with Crippen molar-refractivity contribution in [3.63, 3.8) is 0 Å². The van der Waals surface area contributed by atoms with E-state index in [4.69, 9.17) is 13.8 Å². The van der Waals surface area contributed by atoms with E-state index in [1.54, 1.807) is 19.1 Å². The van der Waals surface area contributed by atoms with E-state index in [0.29, 0.717) is 17.9 Å². The third-order valence-corrected chi connectivity index (χ3v) is 6.13. The standard InChI is InChI=1S/C19H25N2O7PS/c1-3-26-19(22)18(13-14-30-2)20-29(25,27-16-7-5-4-6-8-16)28-17-11-9-15(10-12-17)21(23)24/h5,7-12,18H,3-4,6,13-14H2,1-2H3,(H,20,25)/t18-,29?/m0/s1. The number of hydrogen-bond acceptors (Lipinski definition) is 8. The molecule has 11 heteroatoms. The summed E-state index contributed by atoms with van der Waals surface area (Å²) >= 11 is 1.53. The van der Waals surface area contributed by atoms with Gasteiger partial charge in [0.2, 0.25) is 0 Å². The number of hydrogen-bond donors (Lipinski definition) is 1. The Morgan fingerprint density at radius 1 is 1.30 bits per heavy atom. The number of nitrogens with zero attached hydrogens (tertiary/aromatic N) is 1. The highest BCUT2D eigenvalue weighted by molar-refractivity contribution is 7.98. The van der Waals surface area contributed by atoms with E-state index in [0.717, 1.165) is 12.8 Å². The molecule has 0 radical (unpaired) electrons. The molecule has 0 saturated carbocycles. The summed E-state index contributed by atoms with van der Waals surface area (Å²) in [4.78, 5) is 22.7. The molecule has 0 spiro atoms. The smallest absolute Gasteiger partial charge is 0.465 e. The Labute approximate surface area is 179 Å². The average molecular weight is 456 g/mol. The maximum absolute atomic E-state index is 13.6. The van der Waals surface area contributed by atoms with E-state index < -0.39 is 24.7 Å². The van der Waals surface area contributed by atoms with Crippen LogP contribution in [0.4, 0.5) is 5.69 Å². The van der Waals surface area contributed by atoms with E-state index in [2.05, 4.69) is 5.09 Å². The maximum atomic E-state index is 13.6. The van der Waals surface area contributed by atoms with Gasteiger partial charge in [0.1, 0.15) is 17.6 Å². The van der Waals surface area contributed by atoms with Gasteiger partial charge < -0.3 is 13.8 Å². The molecule has 1 aromatic carbocycles. The Hall–Kier alpha value is -2.29. The Kier molecular flexibility index (Phi) is 9.42. The Bertz CT molecular complexity index is 842. The molecule has 2 atom stereocenters. The zero-order valence-corrected chi connectivity index (χ0v) is 18.5. The molecule has 0 fully saturated rings. The second kappa shape index (κ2) is 11.8. The third kappa shape index (κ3) is 7.51. The van der Waals surface area contributed by atoms with Crippen molar-refractivity contribution in [2.45, 2.75) is 32.2 Å². The van der Waals surface area contributed by atoms with Gasteiger partial charge in [0.15, 0.2) is 0 Å². The van der Waals surface area contributed by atoms with Crippen LogP contribution in [-0.4, -0.2) is 35.5 Å². The van der Waals surface area contributed by atoms with Crippen molar-refractivity contribution in [1.82, 2.24) is 5.09 Å². The van der Waals surface area contributed by atoms with Gasteiger partial charge in [-0.2, -0.15) is 16.8 Å². The van der Waals surface area contributed by atoms with Crippen molar-refractivity contribution in [1.29, 1.82) is 0 Å². The monoisotopic (exact) mass is 456 g/mol. The lowest BCUT2D eigenvalue weighted by atomic mass is 10.2. The molecule has 1 unspecified atom stereocenters. The summed E-state index contributed by atoms with van der Waals surface area (Å²) in [6.07, 6.45) is 9.13. The van der Waals surface area contributed by atoms with Crippen LogP contribution in [0, 0.1) is 10.1 Å². The summed E-state index contributed by atoms with van der Waals surface area (Å²) < 4.78 is 29.9. The summed E-state index contributed by atoms with van der Waals surface area (Å²) in [5.41, 5.74) is -0.131. The molecule has 1 aliphatic rings. The Morgan fingerprint density at radius 3 is 2.60 bits per heavy atom. The maximum Gasteiger partial charge on any atom is 0.513 e. The number of non-ortho nitro benzene ring substituents is 1. The van der Waals surface area contributed by atoms with Crippen LogP contribution in [0.15, 0.2) is 48.3 Å². The van der Waals surface area contributed by atoms with E-state index in [9.17, 15) is 19.5 Å². The number of nitro groups is 1. The number of carbonyl (C=O) groups is 1. The number of thioether (sulfide) groups is 1. The number of nitro benzene ring substituents is 1. The summed E-state index contributed by atoms with van der Waals surface area (Å²) in [7, 11) is -4.07. The van der Waals surface area contributed by atoms with Crippen molar-refractivity contribution in [2.24, 2.45) is 0 Å². The normalized spacial score (nSPS) is 16.1. The summed E-state index contributed by atoms with van der Waals surface area (Å²) in [6, 6.07) is 4.20. The lowest BCUT2D eigenvalue weighted by Gasteiger charge is -2.25. The number of ether oxygens (including phenoxy) is 1. The van der Waals surface area contributed by atoms with Crippen LogP contribution in [0.5, 0.6) is 5.75 Å². The number of esters is 1. The second-order valence-corrected chi connectivity index (χ2v) is 8.84. The minimum Gasteiger partial charge on any atom is -0.465 e. The van der Waals surface area contributed by atoms with Crippen molar-refractivity contribution in [3.8, 4) is 5.75 Å². The molecule has 0 bridgehead atoms. The molecule has 0 aromatic heterocycles. The van der Waals surface area contributed by atoms with Crippen molar-refractivity contribution in [3.05, 3.63) is 58.4 Å². The third-order valence-electron chi connectivity index (χ3n) is 3.96. The minimum atomic E-state index is -4.07. The zero-order valence-electron chi connectivity index (χ0n) is 16.8. The first-order valence-corrected chi connectivity index (χ1v) is 12.3. The predicted molar refractivity (Wildman–Crippen MR) is 115 cm³/mol. The number of rotatable bonds is 12. The van der Waals surface area contributed by atoms with Crippen molar-refractivity contribution in [2.75, 3.05) is 18.6 Å². The SMILES string of the molecule is CCOC(=O)[C@H](CCSC)NP(=O)(OC1=CCCC=C1)Oc1ccc([N+](=O)[O-])cc1. The minimum absolute atomic E-state index is 0.101.